The van der Waals surface area contributed by atoms with Crippen molar-refractivity contribution in [2.45, 2.75) is 143 Å². The van der Waals surface area contributed by atoms with Crippen LogP contribution in [-0.4, -0.2) is 107 Å². The van der Waals surface area contributed by atoms with E-state index in [9.17, 15) is 38.7 Å². The summed E-state index contributed by atoms with van der Waals surface area (Å²) in [5, 5.41) is 29.0. The van der Waals surface area contributed by atoms with Crippen molar-refractivity contribution < 1.29 is 38.7 Å². The molecule has 6 amide bonds. The molecule has 1 heterocycles. The Bertz CT molecular complexity index is 1210. The van der Waals surface area contributed by atoms with Gasteiger partial charge in [0.25, 0.3) is 0 Å². The van der Waals surface area contributed by atoms with Crippen molar-refractivity contribution in [1.29, 1.82) is 0 Å². The molecule has 1 aliphatic rings. The lowest BCUT2D eigenvalue weighted by atomic mass is 9.94. The van der Waals surface area contributed by atoms with Crippen LogP contribution in [0.25, 0.3) is 0 Å². The maximum atomic E-state index is 13.6. The minimum Gasteiger partial charge on any atom is -0.480 e. The van der Waals surface area contributed by atoms with E-state index in [1.807, 2.05) is 40.9 Å². The van der Waals surface area contributed by atoms with Crippen LogP contribution < -0.4 is 37.2 Å². The Labute approximate surface area is 313 Å². The topological polar surface area (TPSA) is 224 Å². The Hall–Kier alpha value is -3.40. The molecular formula is C36H65N7O8S. The number of thioether (sulfide) groups is 1. The van der Waals surface area contributed by atoms with E-state index < -0.39 is 77.7 Å². The van der Waals surface area contributed by atoms with Gasteiger partial charge >= 0.3 is 5.97 Å². The second kappa shape index (κ2) is 23.3. The van der Waals surface area contributed by atoms with Crippen LogP contribution in [0.4, 0.5) is 0 Å². The first-order valence-electron chi connectivity index (χ1n) is 18.6. The molecule has 1 rings (SSSR count). The molecule has 8 N–H and O–H groups in total. The fourth-order valence-corrected chi connectivity index (χ4v) is 6.19. The minimum absolute atomic E-state index is 0.0369. The molecule has 0 radical (unpaired) electrons. The van der Waals surface area contributed by atoms with Crippen molar-refractivity contribution >= 4 is 53.2 Å². The van der Waals surface area contributed by atoms with Crippen LogP contribution in [0, 0.1) is 23.7 Å². The largest absolute Gasteiger partial charge is 0.480 e. The van der Waals surface area contributed by atoms with Crippen molar-refractivity contribution in [3.8, 4) is 0 Å². The van der Waals surface area contributed by atoms with Gasteiger partial charge in [-0.25, -0.2) is 4.79 Å². The highest BCUT2D eigenvalue weighted by molar-refractivity contribution is 7.98. The number of rotatable bonds is 23. The second-order valence-electron chi connectivity index (χ2n) is 14.7. The highest BCUT2D eigenvalue weighted by Crippen LogP contribution is 2.15. The van der Waals surface area contributed by atoms with E-state index >= 15 is 0 Å². The first-order valence-corrected chi connectivity index (χ1v) is 20.0. The first-order chi connectivity index (χ1) is 24.4. The molecule has 1 saturated heterocycles. The third-order valence-electron chi connectivity index (χ3n) is 9.53. The molecule has 0 aromatic heterocycles. The normalized spacial score (nSPS) is 18.9. The van der Waals surface area contributed by atoms with Crippen molar-refractivity contribution in [3.63, 3.8) is 0 Å². The maximum Gasteiger partial charge on any atom is 0.326 e. The highest BCUT2D eigenvalue weighted by Gasteiger charge is 2.36. The van der Waals surface area contributed by atoms with Gasteiger partial charge in [-0.3, -0.25) is 28.8 Å². The monoisotopic (exact) mass is 755 g/mol. The van der Waals surface area contributed by atoms with Crippen LogP contribution in [0.2, 0.25) is 0 Å². The van der Waals surface area contributed by atoms with Gasteiger partial charge in [0.05, 0.1) is 6.04 Å². The van der Waals surface area contributed by atoms with E-state index in [-0.39, 0.29) is 42.5 Å². The molecule has 0 aliphatic carbocycles. The van der Waals surface area contributed by atoms with Crippen LogP contribution in [0.3, 0.4) is 0 Å². The van der Waals surface area contributed by atoms with Crippen molar-refractivity contribution in [3.05, 3.63) is 0 Å². The van der Waals surface area contributed by atoms with E-state index in [0.717, 1.165) is 13.0 Å². The molecule has 16 heteroatoms. The fourth-order valence-electron chi connectivity index (χ4n) is 5.72. The number of hydrogen-bond donors (Lipinski definition) is 8. The zero-order valence-corrected chi connectivity index (χ0v) is 33.5. The molecule has 0 spiro atoms. The number of carbonyl (C=O) groups is 7. The molecule has 52 heavy (non-hydrogen) atoms. The summed E-state index contributed by atoms with van der Waals surface area (Å²) in [5.74, 6) is -4.87. The van der Waals surface area contributed by atoms with Crippen LogP contribution in [0.15, 0.2) is 0 Å². The predicted molar refractivity (Wildman–Crippen MR) is 202 cm³/mol. The summed E-state index contributed by atoms with van der Waals surface area (Å²) in [7, 11) is 0. The Kier molecular flexibility index (Phi) is 20.9. The van der Waals surface area contributed by atoms with Gasteiger partial charge in [0, 0.05) is 0 Å². The summed E-state index contributed by atoms with van der Waals surface area (Å²) >= 11 is 1.46. The molecule has 9 atom stereocenters. The van der Waals surface area contributed by atoms with E-state index in [2.05, 4.69) is 37.2 Å². The number of aliphatic carboxylic acids is 1. The number of amides is 6. The summed E-state index contributed by atoms with van der Waals surface area (Å²) in [5.41, 5.74) is 0. The lowest BCUT2D eigenvalue weighted by Crippen LogP contribution is -2.61. The van der Waals surface area contributed by atoms with Gasteiger partial charge in [-0.1, -0.05) is 68.2 Å². The average molecular weight is 756 g/mol. The maximum absolute atomic E-state index is 13.6. The highest BCUT2D eigenvalue weighted by atomic mass is 32.2. The smallest absolute Gasteiger partial charge is 0.326 e. The molecular weight excluding hydrogens is 691 g/mol. The average Bonchev–Trinajstić information content (AvgIpc) is 3.63. The van der Waals surface area contributed by atoms with Crippen LogP contribution in [0.5, 0.6) is 0 Å². The quantitative estimate of drug-likeness (QED) is 0.0747. The van der Waals surface area contributed by atoms with E-state index in [4.69, 9.17) is 0 Å². The van der Waals surface area contributed by atoms with Gasteiger partial charge in [-0.05, 0) is 74.8 Å². The third-order valence-corrected chi connectivity index (χ3v) is 10.2. The molecule has 0 aromatic rings. The van der Waals surface area contributed by atoms with Crippen LogP contribution in [0.1, 0.15) is 101 Å². The minimum atomic E-state index is -1.19. The lowest BCUT2D eigenvalue weighted by Gasteiger charge is -2.30. The predicted octanol–water partition coefficient (Wildman–Crippen LogP) is 1.30. The molecule has 15 nitrogen and oxygen atoms in total. The molecule has 1 aliphatic heterocycles. The molecule has 1 fully saturated rings. The van der Waals surface area contributed by atoms with Crippen LogP contribution in [-0.2, 0) is 33.6 Å². The molecule has 0 aromatic carbocycles. The molecule has 0 saturated carbocycles. The number of hydrogen-bond acceptors (Lipinski definition) is 9. The zero-order valence-electron chi connectivity index (χ0n) is 32.7. The van der Waals surface area contributed by atoms with Crippen LogP contribution >= 0.6 is 11.8 Å². The summed E-state index contributed by atoms with van der Waals surface area (Å²) < 4.78 is 0. The molecule has 298 valence electrons. The van der Waals surface area contributed by atoms with Gasteiger partial charge < -0.3 is 42.3 Å². The van der Waals surface area contributed by atoms with E-state index in [1.54, 1.807) is 20.8 Å². The second-order valence-corrected chi connectivity index (χ2v) is 15.7. The fraction of sp³-hybridized carbons (Fsp3) is 0.806. The van der Waals surface area contributed by atoms with Crippen molar-refractivity contribution in [2.75, 3.05) is 18.6 Å². The van der Waals surface area contributed by atoms with Gasteiger partial charge in [-0.2, -0.15) is 11.8 Å². The Morgan fingerprint density at radius 3 is 1.69 bits per heavy atom. The summed E-state index contributed by atoms with van der Waals surface area (Å²) in [6.45, 7) is 16.7. The van der Waals surface area contributed by atoms with E-state index in [0.29, 0.717) is 25.0 Å². The molecule has 0 unspecified atom stereocenters. The van der Waals surface area contributed by atoms with Gasteiger partial charge in [0.1, 0.15) is 36.3 Å². The number of nitrogens with one attached hydrogen (secondary N) is 7. The number of carboxylic acids is 1. The summed E-state index contributed by atoms with van der Waals surface area (Å²) in [6.07, 6.45) is 5.00. The Morgan fingerprint density at radius 2 is 1.21 bits per heavy atom. The third kappa shape index (κ3) is 15.3. The molecule has 0 bridgehead atoms. The first kappa shape index (κ1) is 46.6. The van der Waals surface area contributed by atoms with Gasteiger partial charge in [0.15, 0.2) is 0 Å². The Morgan fingerprint density at radius 1 is 0.692 bits per heavy atom. The standard InChI is InChI=1S/C36H65N7O8S/c1-11-21(7)28(43-35(49)29(22(8)12-2)42-31(45)24-14-13-16-37-24)34(48)38-23(9)30(44)40-26(18-19(3)4)33(47)39-25(15-17-52-10)32(46)41-27(20(5)6)36(50)51/h19-29,37H,11-18H2,1-10H3,(H,38,48)(H,39,47)(H,40,44)(H,41,46)(H,42,45)(H,43,49)(H,50,51)/t21-,22-,23-,24-,25-,26-,27-,28-,29-/m0/s1. The van der Waals surface area contributed by atoms with Crippen molar-refractivity contribution in [2.24, 2.45) is 23.7 Å². The Balaban J connectivity index is 3.10. The van der Waals surface area contributed by atoms with Gasteiger partial charge in [0.2, 0.25) is 35.4 Å². The number of carbonyl (C=O) groups excluding carboxylic acids is 6. The number of carboxylic acid groups (broad SMARTS) is 1. The summed E-state index contributed by atoms with van der Waals surface area (Å²) in [4.78, 5) is 91.9. The van der Waals surface area contributed by atoms with E-state index in [1.165, 1.54) is 18.7 Å². The lowest BCUT2D eigenvalue weighted by molar-refractivity contribution is -0.143. The SMILES string of the molecule is CC[C@H](C)[C@H](NC(=O)[C@@H]1CCCN1)C(=O)N[C@H](C(=O)N[C@@H](C)C(=O)N[C@@H](CC(C)C)C(=O)N[C@@H](CCSC)C(=O)N[C@H](C(=O)O)C(C)C)[C@@H](C)CC. The van der Waals surface area contributed by atoms with Gasteiger partial charge in [-0.15, -0.1) is 0 Å². The summed E-state index contributed by atoms with van der Waals surface area (Å²) in [6, 6.07) is -6.59. The van der Waals surface area contributed by atoms with Crippen molar-refractivity contribution in [1.82, 2.24) is 37.2 Å². The zero-order chi connectivity index (χ0) is 39.7.